The van der Waals surface area contributed by atoms with Crippen LogP contribution in [0.3, 0.4) is 0 Å². The highest BCUT2D eigenvalue weighted by Gasteiger charge is 2.17. The number of halogens is 2. The first-order valence-electron chi connectivity index (χ1n) is 5.72. The summed E-state index contributed by atoms with van der Waals surface area (Å²) >= 11 is 0. The number of ether oxygens (including phenoxy) is 1. The Morgan fingerprint density at radius 3 is 2.30 bits per heavy atom. The van der Waals surface area contributed by atoms with Gasteiger partial charge < -0.3 is 15.8 Å². The summed E-state index contributed by atoms with van der Waals surface area (Å²) < 4.78 is 31.9. The van der Waals surface area contributed by atoms with Gasteiger partial charge in [-0.2, -0.15) is 0 Å². The molecule has 0 atom stereocenters. The van der Waals surface area contributed by atoms with Gasteiger partial charge in [0.15, 0.2) is 0 Å². The summed E-state index contributed by atoms with van der Waals surface area (Å²) in [6, 6.07) is 7.94. The summed E-state index contributed by atoms with van der Waals surface area (Å²) in [5.74, 6) is -2.23. The van der Waals surface area contributed by atoms with E-state index in [0.717, 1.165) is 12.1 Å². The predicted octanol–water partition coefficient (Wildman–Crippen LogP) is 3.08. The Kier molecular flexibility index (Phi) is 3.84. The summed E-state index contributed by atoms with van der Waals surface area (Å²) in [6.45, 7) is 0. The van der Waals surface area contributed by atoms with Gasteiger partial charge in [0.2, 0.25) is 0 Å². The number of para-hydroxylation sites is 2. The summed E-state index contributed by atoms with van der Waals surface area (Å²) in [5.41, 5.74) is 5.74. The van der Waals surface area contributed by atoms with Crippen LogP contribution >= 0.6 is 0 Å². The van der Waals surface area contributed by atoms with Crippen molar-refractivity contribution < 1.29 is 18.3 Å². The number of carbonyl (C=O) groups excluding carboxylic acids is 1. The first-order valence-corrected chi connectivity index (χ1v) is 5.72. The number of nitrogens with two attached hydrogens (primary N) is 1. The lowest BCUT2D eigenvalue weighted by molar-refractivity contribution is 0.0602. The third kappa shape index (κ3) is 2.54. The van der Waals surface area contributed by atoms with Gasteiger partial charge in [-0.25, -0.2) is 13.6 Å². The highest BCUT2D eigenvalue weighted by molar-refractivity contribution is 5.99. The zero-order chi connectivity index (χ0) is 14.7. The van der Waals surface area contributed by atoms with Crippen molar-refractivity contribution in [3.05, 3.63) is 53.6 Å². The number of methoxy groups -OCH3 is 1. The number of esters is 1. The Morgan fingerprint density at radius 2 is 1.70 bits per heavy atom. The number of rotatable bonds is 3. The molecular formula is C14H12F2N2O2. The molecule has 0 unspecified atom stereocenters. The van der Waals surface area contributed by atoms with E-state index in [4.69, 9.17) is 5.73 Å². The number of nitrogens with one attached hydrogen (secondary N) is 1. The largest absolute Gasteiger partial charge is 0.465 e. The first kappa shape index (κ1) is 13.8. The van der Waals surface area contributed by atoms with E-state index in [-0.39, 0.29) is 22.6 Å². The van der Waals surface area contributed by atoms with Crippen molar-refractivity contribution in [2.45, 2.75) is 0 Å². The van der Waals surface area contributed by atoms with Crippen LogP contribution in [0.15, 0.2) is 36.4 Å². The summed E-state index contributed by atoms with van der Waals surface area (Å²) in [6.07, 6.45) is 0. The molecule has 3 N–H and O–H groups in total. The average molecular weight is 278 g/mol. The summed E-state index contributed by atoms with van der Waals surface area (Å²) in [7, 11) is 1.21. The molecule has 2 aromatic rings. The molecule has 104 valence electrons. The first-order chi connectivity index (χ1) is 9.54. The normalized spacial score (nSPS) is 10.2. The Morgan fingerprint density at radius 1 is 1.10 bits per heavy atom. The Bertz CT molecular complexity index is 639. The van der Waals surface area contributed by atoms with E-state index in [1.807, 2.05) is 0 Å². The van der Waals surface area contributed by atoms with Gasteiger partial charge in [-0.15, -0.1) is 0 Å². The molecule has 6 heteroatoms. The molecule has 2 rings (SSSR count). The Balaban J connectivity index is 2.51. The van der Waals surface area contributed by atoms with Crippen molar-refractivity contribution in [2.75, 3.05) is 18.2 Å². The van der Waals surface area contributed by atoms with Crippen molar-refractivity contribution in [1.82, 2.24) is 0 Å². The lowest BCUT2D eigenvalue weighted by atomic mass is 10.1. The van der Waals surface area contributed by atoms with Crippen molar-refractivity contribution in [3.8, 4) is 0 Å². The number of nitrogen functional groups attached to an aromatic ring is 1. The molecule has 20 heavy (non-hydrogen) atoms. The van der Waals surface area contributed by atoms with E-state index in [1.165, 1.54) is 25.3 Å². The molecule has 0 aromatic heterocycles. The number of hydrogen-bond donors (Lipinski definition) is 2. The second kappa shape index (κ2) is 5.56. The van der Waals surface area contributed by atoms with Gasteiger partial charge in [-0.05, 0) is 24.3 Å². The highest BCUT2D eigenvalue weighted by Crippen LogP contribution is 2.30. The quantitative estimate of drug-likeness (QED) is 0.669. The lowest BCUT2D eigenvalue weighted by Gasteiger charge is -2.14. The van der Waals surface area contributed by atoms with Gasteiger partial charge in [0, 0.05) is 0 Å². The number of benzene rings is 2. The molecule has 0 bridgehead atoms. The van der Waals surface area contributed by atoms with Crippen LogP contribution in [0.25, 0.3) is 0 Å². The molecule has 0 saturated carbocycles. The van der Waals surface area contributed by atoms with Crippen LogP contribution in [-0.2, 0) is 4.74 Å². The Labute approximate surface area is 114 Å². The van der Waals surface area contributed by atoms with Crippen molar-refractivity contribution in [2.24, 2.45) is 0 Å². The van der Waals surface area contributed by atoms with Gasteiger partial charge in [-0.1, -0.05) is 12.1 Å². The van der Waals surface area contributed by atoms with E-state index >= 15 is 0 Å². The van der Waals surface area contributed by atoms with Crippen LogP contribution in [0.5, 0.6) is 0 Å². The fourth-order valence-electron chi connectivity index (χ4n) is 1.73. The predicted molar refractivity (Wildman–Crippen MR) is 71.8 cm³/mol. The third-order valence-corrected chi connectivity index (χ3v) is 2.71. The monoisotopic (exact) mass is 278 g/mol. The summed E-state index contributed by atoms with van der Waals surface area (Å²) in [4.78, 5) is 11.6. The van der Waals surface area contributed by atoms with E-state index in [0.29, 0.717) is 0 Å². The molecule has 0 fully saturated rings. The van der Waals surface area contributed by atoms with E-state index in [1.54, 1.807) is 6.07 Å². The minimum Gasteiger partial charge on any atom is -0.465 e. The minimum atomic E-state index is -0.788. The van der Waals surface area contributed by atoms with Crippen LogP contribution in [-0.4, -0.2) is 13.1 Å². The van der Waals surface area contributed by atoms with Crippen LogP contribution in [0.1, 0.15) is 10.4 Å². The van der Waals surface area contributed by atoms with E-state index in [9.17, 15) is 13.6 Å². The molecule has 0 aliphatic heterocycles. The smallest absolute Gasteiger partial charge is 0.340 e. The minimum absolute atomic E-state index is 0.0927. The SMILES string of the molecule is COC(=O)c1cccc(N)c1Nc1c(F)cccc1F. The topological polar surface area (TPSA) is 64.3 Å². The van der Waals surface area contributed by atoms with Crippen molar-refractivity contribution in [3.63, 3.8) is 0 Å². The molecule has 0 aliphatic carbocycles. The zero-order valence-corrected chi connectivity index (χ0v) is 10.6. The molecule has 0 aliphatic rings. The molecule has 0 amide bonds. The van der Waals surface area contributed by atoms with E-state index < -0.39 is 17.6 Å². The average Bonchev–Trinajstić information content (AvgIpc) is 2.43. The maximum absolute atomic E-state index is 13.6. The molecule has 0 radical (unpaired) electrons. The van der Waals surface area contributed by atoms with Gasteiger partial charge >= 0.3 is 5.97 Å². The lowest BCUT2D eigenvalue weighted by Crippen LogP contribution is -2.09. The van der Waals surface area contributed by atoms with Crippen molar-refractivity contribution >= 4 is 23.0 Å². The standard InChI is InChI=1S/C14H12F2N2O2/c1-20-14(19)8-4-2-7-11(17)12(8)18-13-9(15)5-3-6-10(13)16/h2-7,18H,17H2,1H3. The maximum Gasteiger partial charge on any atom is 0.340 e. The van der Waals surface area contributed by atoms with Gasteiger partial charge in [-0.3, -0.25) is 0 Å². The summed E-state index contributed by atoms with van der Waals surface area (Å²) in [5, 5.41) is 2.52. The molecule has 2 aromatic carbocycles. The molecule has 0 heterocycles. The molecule has 0 saturated heterocycles. The Hall–Kier alpha value is -2.63. The van der Waals surface area contributed by atoms with Crippen LogP contribution < -0.4 is 11.1 Å². The van der Waals surface area contributed by atoms with Gasteiger partial charge in [0.05, 0.1) is 24.0 Å². The number of hydrogen-bond acceptors (Lipinski definition) is 4. The maximum atomic E-state index is 13.6. The zero-order valence-electron chi connectivity index (χ0n) is 10.6. The fraction of sp³-hybridized carbons (Fsp3) is 0.0714. The van der Waals surface area contributed by atoms with Gasteiger partial charge in [0.1, 0.15) is 17.3 Å². The number of anilines is 3. The molecular weight excluding hydrogens is 266 g/mol. The van der Waals surface area contributed by atoms with E-state index in [2.05, 4.69) is 10.1 Å². The highest BCUT2D eigenvalue weighted by atomic mass is 19.1. The molecule has 0 spiro atoms. The van der Waals surface area contributed by atoms with Crippen molar-refractivity contribution in [1.29, 1.82) is 0 Å². The third-order valence-electron chi connectivity index (χ3n) is 2.71. The van der Waals surface area contributed by atoms with Crippen LogP contribution in [0, 0.1) is 11.6 Å². The van der Waals surface area contributed by atoms with Gasteiger partial charge in [0.25, 0.3) is 0 Å². The van der Waals surface area contributed by atoms with Crippen LogP contribution in [0.2, 0.25) is 0 Å². The second-order valence-corrected chi connectivity index (χ2v) is 3.98. The second-order valence-electron chi connectivity index (χ2n) is 3.98. The number of carbonyl (C=O) groups is 1. The molecule has 4 nitrogen and oxygen atoms in total. The van der Waals surface area contributed by atoms with Crippen LogP contribution in [0.4, 0.5) is 25.8 Å². The fourth-order valence-corrected chi connectivity index (χ4v) is 1.73.